The van der Waals surface area contributed by atoms with Crippen LogP contribution in [0, 0.1) is 0 Å². The van der Waals surface area contributed by atoms with Gasteiger partial charge in [-0.2, -0.15) is 0 Å². The summed E-state index contributed by atoms with van der Waals surface area (Å²) in [5.41, 5.74) is 3.41. The van der Waals surface area contributed by atoms with E-state index in [2.05, 4.69) is 46.4 Å². The molecule has 0 saturated heterocycles. The highest BCUT2D eigenvalue weighted by atomic mass is 14.7. The Morgan fingerprint density at radius 2 is 1.75 bits per heavy atom. The monoisotopic (exact) mass is 208 g/mol. The first-order valence-electron chi connectivity index (χ1n) is 5.31. The third kappa shape index (κ3) is 1.65. The number of benzene rings is 1. The van der Waals surface area contributed by atoms with Crippen LogP contribution in [0.15, 0.2) is 48.7 Å². The Hall–Kier alpha value is -2.22. The smallest absolute Gasteiger partial charge is 0.0458 e. The maximum atomic E-state index is 3.36. The van der Waals surface area contributed by atoms with Crippen molar-refractivity contribution >= 4 is 23.1 Å². The number of aromatic amines is 2. The maximum absolute atomic E-state index is 3.36. The second-order valence-corrected chi connectivity index (χ2v) is 3.77. The first kappa shape index (κ1) is 9.04. The van der Waals surface area contributed by atoms with Gasteiger partial charge in [-0.05, 0) is 41.8 Å². The summed E-state index contributed by atoms with van der Waals surface area (Å²) < 4.78 is 0. The number of hydrogen-bond acceptors (Lipinski definition) is 0. The van der Waals surface area contributed by atoms with Crippen molar-refractivity contribution in [1.29, 1.82) is 0 Å². The summed E-state index contributed by atoms with van der Waals surface area (Å²) in [6.07, 6.45) is 6.06. The molecule has 16 heavy (non-hydrogen) atoms. The summed E-state index contributed by atoms with van der Waals surface area (Å²) in [5, 5.41) is 1.24. The third-order valence-electron chi connectivity index (χ3n) is 2.62. The molecule has 0 amide bonds. The van der Waals surface area contributed by atoms with Gasteiger partial charge in [0.15, 0.2) is 0 Å². The van der Waals surface area contributed by atoms with Gasteiger partial charge in [-0.15, -0.1) is 0 Å². The Bertz CT molecular complexity index is 582. The zero-order chi connectivity index (χ0) is 10.8. The molecule has 0 bridgehead atoms. The van der Waals surface area contributed by atoms with Gasteiger partial charge in [0.2, 0.25) is 0 Å². The highest BCUT2D eigenvalue weighted by Gasteiger charge is 1.95. The van der Waals surface area contributed by atoms with E-state index in [9.17, 15) is 0 Å². The molecule has 3 aromatic rings. The molecule has 2 heteroatoms. The van der Waals surface area contributed by atoms with Crippen LogP contribution in [0.2, 0.25) is 0 Å². The first-order valence-corrected chi connectivity index (χ1v) is 5.31. The van der Waals surface area contributed by atoms with Crippen LogP contribution in [0.3, 0.4) is 0 Å². The van der Waals surface area contributed by atoms with Gasteiger partial charge in [0, 0.05) is 23.1 Å². The highest BCUT2D eigenvalue weighted by molar-refractivity contribution is 5.84. The summed E-state index contributed by atoms with van der Waals surface area (Å²) in [6.45, 7) is 0. The Labute approximate surface area is 93.6 Å². The van der Waals surface area contributed by atoms with Crippen molar-refractivity contribution in [1.82, 2.24) is 9.97 Å². The second-order valence-electron chi connectivity index (χ2n) is 3.77. The Morgan fingerprint density at radius 3 is 2.56 bits per heavy atom. The Kier molecular flexibility index (Phi) is 2.11. The van der Waals surface area contributed by atoms with Gasteiger partial charge in [-0.3, -0.25) is 0 Å². The van der Waals surface area contributed by atoms with E-state index in [1.807, 2.05) is 24.4 Å². The minimum Gasteiger partial charge on any atom is -0.362 e. The predicted octanol–water partition coefficient (Wildman–Crippen LogP) is 3.67. The lowest BCUT2D eigenvalue weighted by atomic mass is 10.2. The van der Waals surface area contributed by atoms with Crippen LogP contribution in [0.1, 0.15) is 11.4 Å². The number of nitrogens with one attached hydrogen (secondary N) is 2. The van der Waals surface area contributed by atoms with E-state index >= 15 is 0 Å². The van der Waals surface area contributed by atoms with E-state index in [1.165, 1.54) is 10.9 Å². The summed E-state index contributed by atoms with van der Waals surface area (Å²) in [6, 6.07) is 14.5. The van der Waals surface area contributed by atoms with Crippen molar-refractivity contribution in [2.45, 2.75) is 0 Å². The molecule has 0 aliphatic heterocycles. The molecule has 78 valence electrons. The molecule has 0 atom stereocenters. The standard InChI is InChI=1S/C14H12N2/c1-2-6-14-11(4-1)10-13(16-14)8-7-12-5-3-9-15-12/h1-10,15-16H. The molecule has 1 aromatic carbocycles. The van der Waals surface area contributed by atoms with E-state index < -0.39 is 0 Å². The van der Waals surface area contributed by atoms with Gasteiger partial charge in [0.1, 0.15) is 0 Å². The molecule has 3 rings (SSSR count). The second kappa shape index (κ2) is 3.74. The van der Waals surface area contributed by atoms with Gasteiger partial charge in [-0.1, -0.05) is 18.2 Å². The van der Waals surface area contributed by atoms with Gasteiger partial charge in [0.05, 0.1) is 0 Å². The fourth-order valence-corrected chi connectivity index (χ4v) is 1.81. The lowest BCUT2D eigenvalue weighted by Gasteiger charge is -1.86. The summed E-state index contributed by atoms with van der Waals surface area (Å²) in [4.78, 5) is 6.50. The topological polar surface area (TPSA) is 31.6 Å². The van der Waals surface area contributed by atoms with Crippen LogP contribution in [0.25, 0.3) is 23.1 Å². The first-order chi connectivity index (χ1) is 7.92. The SMILES string of the molecule is C(=Cc1cc2ccccc2[nH]1)c1ccc[nH]1. The molecule has 2 aromatic heterocycles. The lowest BCUT2D eigenvalue weighted by molar-refractivity contribution is 1.37. The molecule has 2 N–H and O–H groups in total. The number of hydrogen-bond donors (Lipinski definition) is 2. The molecule has 0 radical (unpaired) electrons. The van der Waals surface area contributed by atoms with Gasteiger partial charge < -0.3 is 9.97 Å². The van der Waals surface area contributed by atoms with Crippen LogP contribution in [0.5, 0.6) is 0 Å². The van der Waals surface area contributed by atoms with Crippen molar-refractivity contribution in [3.05, 3.63) is 60.0 Å². The van der Waals surface area contributed by atoms with Crippen molar-refractivity contribution in [3.8, 4) is 0 Å². The molecule has 0 aliphatic rings. The van der Waals surface area contributed by atoms with Gasteiger partial charge in [-0.25, -0.2) is 0 Å². The maximum Gasteiger partial charge on any atom is 0.0458 e. The Balaban J connectivity index is 1.95. The van der Waals surface area contributed by atoms with Crippen LogP contribution < -0.4 is 0 Å². The van der Waals surface area contributed by atoms with E-state index in [0.717, 1.165) is 11.4 Å². The molecule has 0 fully saturated rings. The molecule has 2 nitrogen and oxygen atoms in total. The van der Waals surface area contributed by atoms with Crippen LogP contribution in [0.4, 0.5) is 0 Å². The molecular weight excluding hydrogens is 196 g/mol. The number of rotatable bonds is 2. The summed E-state index contributed by atoms with van der Waals surface area (Å²) in [7, 11) is 0. The minimum atomic E-state index is 1.11. The van der Waals surface area contributed by atoms with E-state index in [1.54, 1.807) is 0 Å². The largest absolute Gasteiger partial charge is 0.362 e. The molecule has 0 aliphatic carbocycles. The van der Waals surface area contributed by atoms with Crippen molar-refractivity contribution in [2.75, 3.05) is 0 Å². The number of H-pyrrole nitrogens is 2. The van der Waals surface area contributed by atoms with Crippen LogP contribution in [-0.2, 0) is 0 Å². The molecule has 0 unspecified atom stereocenters. The van der Waals surface area contributed by atoms with Crippen molar-refractivity contribution in [2.24, 2.45) is 0 Å². The number of para-hydroxylation sites is 1. The predicted molar refractivity (Wildman–Crippen MR) is 68.0 cm³/mol. The molecule has 0 saturated carbocycles. The zero-order valence-electron chi connectivity index (χ0n) is 8.77. The minimum absolute atomic E-state index is 1.11. The van der Waals surface area contributed by atoms with Crippen molar-refractivity contribution in [3.63, 3.8) is 0 Å². The normalized spacial score (nSPS) is 11.5. The average Bonchev–Trinajstić information content (AvgIpc) is 2.95. The fourth-order valence-electron chi connectivity index (χ4n) is 1.81. The number of aromatic nitrogens is 2. The summed E-state index contributed by atoms with van der Waals surface area (Å²) in [5.74, 6) is 0. The highest BCUT2D eigenvalue weighted by Crippen LogP contribution is 2.16. The quantitative estimate of drug-likeness (QED) is 0.644. The van der Waals surface area contributed by atoms with Crippen LogP contribution >= 0.6 is 0 Å². The van der Waals surface area contributed by atoms with E-state index in [-0.39, 0.29) is 0 Å². The summed E-state index contributed by atoms with van der Waals surface area (Å²) >= 11 is 0. The Morgan fingerprint density at radius 1 is 0.875 bits per heavy atom. The van der Waals surface area contributed by atoms with Crippen molar-refractivity contribution < 1.29 is 0 Å². The van der Waals surface area contributed by atoms with Crippen LogP contribution in [-0.4, -0.2) is 9.97 Å². The average molecular weight is 208 g/mol. The molecular formula is C14H12N2. The molecule has 2 heterocycles. The number of fused-ring (bicyclic) bond motifs is 1. The third-order valence-corrected chi connectivity index (χ3v) is 2.62. The fraction of sp³-hybridized carbons (Fsp3) is 0. The lowest BCUT2D eigenvalue weighted by Crippen LogP contribution is -1.70. The van der Waals surface area contributed by atoms with E-state index in [0.29, 0.717) is 0 Å². The van der Waals surface area contributed by atoms with Gasteiger partial charge in [0.25, 0.3) is 0 Å². The van der Waals surface area contributed by atoms with E-state index in [4.69, 9.17) is 0 Å². The molecule has 0 spiro atoms. The van der Waals surface area contributed by atoms with Gasteiger partial charge >= 0.3 is 0 Å². The zero-order valence-corrected chi connectivity index (χ0v) is 8.77.